The van der Waals surface area contributed by atoms with Crippen LogP contribution in [0.2, 0.25) is 0 Å². The molecule has 1 heteroatoms. The van der Waals surface area contributed by atoms with Crippen molar-refractivity contribution in [1.29, 1.82) is 0 Å². The number of thiophene rings is 1. The van der Waals surface area contributed by atoms with E-state index in [1.54, 1.807) is 0 Å². The smallest absolute Gasteiger partial charge is 0.00890 e. The molecule has 16 heavy (non-hydrogen) atoms. The van der Waals surface area contributed by atoms with Crippen LogP contribution in [0.3, 0.4) is 0 Å². The van der Waals surface area contributed by atoms with E-state index in [9.17, 15) is 0 Å². The fraction of sp³-hybridized carbons (Fsp3) is 0.333. The summed E-state index contributed by atoms with van der Waals surface area (Å²) in [4.78, 5) is 1.44. The highest BCUT2D eigenvalue weighted by Crippen LogP contribution is 2.15. The molecule has 0 atom stereocenters. The normalized spacial score (nSPS) is 9.44. The minimum absolute atomic E-state index is 1.07. The molecule has 1 heterocycles. The van der Waals surface area contributed by atoms with Crippen molar-refractivity contribution in [3.63, 3.8) is 0 Å². The van der Waals surface area contributed by atoms with Gasteiger partial charge < -0.3 is 0 Å². The topological polar surface area (TPSA) is 0 Å². The Labute approximate surface area is 103 Å². The second-order valence-corrected chi connectivity index (χ2v) is 4.46. The lowest BCUT2D eigenvalue weighted by Gasteiger charge is -2.00. The van der Waals surface area contributed by atoms with E-state index < -0.39 is 0 Å². The van der Waals surface area contributed by atoms with Crippen molar-refractivity contribution < 1.29 is 0 Å². The quantitative estimate of drug-likeness (QED) is 0.704. The second-order valence-electron chi connectivity index (χ2n) is 3.43. The number of hydrogen-bond acceptors (Lipinski definition) is 1. The largest absolute Gasteiger partial charge is 0.149 e. The Morgan fingerprint density at radius 2 is 1.56 bits per heavy atom. The lowest BCUT2D eigenvalue weighted by atomic mass is 10.1. The summed E-state index contributed by atoms with van der Waals surface area (Å²) >= 11 is 1.83. The summed E-state index contributed by atoms with van der Waals surface area (Å²) in [7, 11) is 0. The Kier molecular flexibility index (Phi) is 5.87. The summed E-state index contributed by atoms with van der Waals surface area (Å²) in [6.07, 6.45) is 2.20. The average molecular weight is 232 g/mol. The molecule has 0 unspecified atom stereocenters. The Morgan fingerprint density at radius 1 is 0.938 bits per heavy atom. The van der Waals surface area contributed by atoms with Crippen LogP contribution < -0.4 is 0 Å². The van der Waals surface area contributed by atoms with Crippen molar-refractivity contribution in [1.82, 2.24) is 0 Å². The van der Waals surface area contributed by atoms with Gasteiger partial charge in [0.05, 0.1) is 0 Å². The summed E-state index contributed by atoms with van der Waals surface area (Å²) in [6.45, 7) is 6.19. The molecule has 0 N–H and O–H groups in total. The van der Waals surface area contributed by atoms with Gasteiger partial charge in [0.2, 0.25) is 0 Å². The number of benzene rings is 1. The van der Waals surface area contributed by atoms with Gasteiger partial charge in [-0.3, -0.25) is 0 Å². The van der Waals surface area contributed by atoms with E-state index in [4.69, 9.17) is 0 Å². The van der Waals surface area contributed by atoms with Gasteiger partial charge in [-0.15, -0.1) is 11.3 Å². The van der Waals surface area contributed by atoms with E-state index in [2.05, 4.69) is 48.7 Å². The third-order valence-corrected chi connectivity index (χ3v) is 3.27. The third kappa shape index (κ3) is 3.82. The van der Waals surface area contributed by atoms with E-state index in [0.717, 1.165) is 12.8 Å². The summed E-state index contributed by atoms with van der Waals surface area (Å²) in [5.74, 6) is 0. The van der Waals surface area contributed by atoms with Crippen molar-refractivity contribution in [3.8, 4) is 0 Å². The molecule has 0 saturated heterocycles. The molecule has 0 radical (unpaired) electrons. The minimum Gasteiger partial charge on any atom is -0.149 e. The Bertz CT molecular complexity index is 370. The fourth-order valence-corrected chi connectivity index (χ4v) is 2.25. The van der Waals surface area contributed by atoms with Gasteiger partial charge in [0.25, 0.3) is 0 Å². The summed E-state index contributed by atoms with van der Waals surface area (Å²) in [5.41, 5.74) is 2.82. The molecule has 0 saturated carbocycles. The van der Waals surface area contributed by atoms with Gasteiger partial charge in [-0.1, -0.05) is 51.1 Å². The molecule has 1 aromatic carbocycles. The van der Waals surface area contributed by atoms with Crippen LogP contribution in [-0.4, -0.2) is 0 Å². The first-order valence-corrected chi connectivity index (χ1v) is 6.86. The zero-order chi connectivity index (χ0) is 11.8. The molecule has 0 aliphatic heterocycles. The molecule has 2 rings (SSSR count). The van der Waals surface area contributed by atoms with Gasteiger partial charge in [0, 0.05) is 11.3 Å². The van der Waals surface area contributed by atoms with Crippen LogP contribution in [0.15, 0.2) is 41.8 Å². The summed E-state index contributed by atoms with van der Waals surface area (Å²) in [5, 5.41) is 2.13. The highest BCUT2D eigenvalue weighted by Gasteiger charge is 1.96. The fourth-order valence-electron chi connectivity index (χ4n) is 1.51. The van der Waals surface area contributed by atoms with Gasteiger partial charge in [-0.25, -0.2) is 0 Å². The first kappa shape index (κ1) is 13.0. The van der Waals surface area contributed by atoms with Crippen molar-refractivity contribution >= 4 is 11.3 Å². The zero-order valence-electron chi connectivity index (χ0n) is 10.4. The molecule has 0 aliphatic rings. The predicted octanol–water partition coefficient (Wildman–Crippen LogP) is 4.93. The number of hydrogen-bond donors (Lipinski definition) is 0. The lowest BCUT2D eigenvalue weighted by molar-refractivity contribution is 1.12. The molecule has 0 spiro atoms. The molecule has 0 amide bonds. The highest BCUT2D eigenvalue weighted by molar-refractivity contribution is 7.09. The lowest BCUT2D eigenvalue weighted by Crippen LogP contribution is -1.85. The molecule has 0 nitrogen and oxygen atoms in total. The zero-order valence-corrected chi connectivity index (χ0v) is 11.2. The molecule has 0 fully saturated rings. The molecule has 86 valence electrons. The number of rotatable bonds is 3. The Morgan fingerprint density at radius 3 is 2.06 bits per heavy atom. The maximum atomic E-state index is 2.23. The van der Waals surface area contributed by atoms with Crippen molar-refractivity contribution in [3.05, 3.63) is 57.8 Å². The number of aryl methyl sites for hydroxylation is 1. The minimum atomic E-state index is 1.07. The summed E-state index contributed by atoms with van der Waals surface area (Å²) < 4.78 is 0. The standard InChI is InChI=1S/C13H14S.C2H6/c1-2-11-5-7-12(8-6-11)10-13-4-3-9-14-13;1-2/h3-9H,2,10H2,1H3;1-2H3. The SMILES string of the molecule is CC.CCc1ccc(Cc2cccs2)cc1. The van der Waals surface area contributed by atoms with E-state index in [1.807, 2.05) is 25.2 Å². The van der Waals surface area contributed by atoms with Crippen LogP contribution >= 0.6 is 11.3 Å². The molecule has 0 bridgehead atoms. The predicted molar refractivity (Wildman–Crippen MR) is 74.3 cm³/mol. The maximum absolute atomic E-state index is 2.23. The van der Waals surface area contributed by atoms with Crippen molar-refractivity contribution in [2.45, 2.75) is 33.6 Å². The van der Waals surface area contributed by atoms with Crippen LogP contribution in [-0.2, 0) is 12.8 Å². The molecular weight excluding hydrogens is 212 g/mol. The van der Waals surface area contributed by atoms with E-state index in [1.165, 1.54) is 16.0 Å². The van der Waals surface area contributed by atoms with Gasteiger partial charge in [-0.05, 0) is 29.0 Å². The van der Waals surface area contributed by atoms with Crippen LogP contribution in [0.1, 0.15) is 36.8 Å². The molecule has 2 aromatic rings. The average Bonchev–Trinajstić information content (AvgIpc) is 2.86. The Hall–Kier alpha value is -1.08. The monoisotopic (exact) mass is 232 g/mol. The second kappa shape index (κ2) is 7.24. The van der Waals surface area contributed by atoms with Gasteiger partial charge >= 0.3 is 0 Å². The van der Waals surface area contributed by atoms with Crippen LogP contribution in [0, 0.1) is 0 Å². The van der Waals surface area contributed by atoms with Crippen molar-refractivity contribution in [2.75, 3.05) is 0 Å². The highest BCUT2D eigenvalue weighted by atomic mass is 32.1. The first-order valence-electron chi connectivity index (χ1n) is 5.98. The van der Waals surface area contributed by atoms with E-state index in [-0.39, 0.29) is 0 Å². The van der Waals surface area contributed by atoms with Gasteiger partial charge in [-0.2, -0.15) is 0 Å². The van der Waals surface area contributed by atoms with E-state index in [0.29, 0.717) is 0 Å². The molecule has 1 aromatic heterocycles. The van der Waals surface area contributed by atoms with Crippen LogP contribution in [0.5, 0.6) is 0 Å². The van der Waals surface area contributed by atoms with Crippen molar-refractivity contribution in [2.24, 2.45) is 0 Å². The third-order valence-electron chi connectivity index (χ3n) is 2.39. The van der Waals surface area contributed by atoms with Gasteiger partial charge in [0.15, 0.2) is 0 Å². The van der Waals surface area contributed by atoms with Gasteiger partial charge in [0.1, 0.15) is 0 Å². The van der Waals surface area contributed by atoms with E-state index >= 15 is 0 Å². The Balaban J connectivity index is 0.000000606. The molecular formula is C15H20S. The molecule has 0 aliphatic carbocycles. The maximum Gasteiger partial charge on any atom is 0.00890 e. The summed E-state index contributed by atoms with van der Waals surface area (Å²) in [6, 6.07) is 13.2. The van der Waals surface area contributed by atoms with Crippen LogP contribution in [0.25, 0.3) is 0 Å². The first-order chi connectivity index (χ1) is 7.88. The van der Waals surface area contributed by atoms with Crippen LogP contribution in [0.4, 0.5) is 0 Å².